The molecule has 2 fully saturated rings. The second-order valence-corrected chi connectivity index (χ2v) is 8.47. The predicted octanol–water partition coefficient (Wildman–Crippen LogP) is 3.52. The van der Waals surface area contributed by atoms with Crippen LogP contribution in [0, 0.1) is 23.7 Å². The molecule has 0 spiro atoms. The van der Waals surface area contributed by atoms with Crippen LogP contribution in [0.3, 0.4) is 0 Å². The maximum absolute atomic E-state index is 12.5. The SMILES string of the molecule is CCC(=O)N(CC1CCC(C(=O)NCC2CCC(C)CC2)CC1)C(C)=O. The predicted molar refractivity (Wildman–Crippen MR) is 102 cm³/mol. The summed E-state index contributed by atoms with van der Waals surface area (Å²) in [4.78, 5) is 37.4. The van der Waals surface area contributed by atoms with Gasteiger partial charge in [-0.25, -0.2) is 0 Å². The van der Waals surface area contributed by atoms with Crippen LogP contribution < -0.4 is 5.32 Å². The fourth-order valence-electron chi connectivity index (χ4n) is 4.38. The van der Waals surface area contributed by atoms with E-state index in [0.29, 0.717) is 24.8 Å². The van der Waals surface area contributed by atoms with Gasteiger partial charge in [-0.3, -0.25) is 19.3 Å². The van der Waals surface area contributed by atoms with Crippen molar-refractivity contribution in [1.82, 2.24) is 10.2 Å². The van der Waals surface area contributed by atoms with Crippen LogP contribution in [0.5, 0.6) is 0 Å². The molecule has 0 aromatic rings. The Balaban J connectivity index is 1.71. The van der Waals surface area contributed by atoms with Gasteiger partial charge in [-0.1, -0.05) is 26.7 Å². The summed E-state index contributed by atoms with van der Waals surface area (Å²) in [5, 5.41) is 3.18. The minimum absolute atomic E-state index is 0.0980. The zero-order valence-electron chi connectivity index (χ0n) is 16.8. The Kier molecular flexibility index (Phi) is 8.11. The van der Waals surface area contributed by atoms with E-state index in [0.717, 1.165) is 38.1 Å². The number of nitrogens with zero attached hydrogens (tertiary/aromatic N) is 1. The van der Waals surface area contributed by atoms with Crippen molar-refractivity contribution in [3.63, 3.8) is 0 Å². The number of amides is 3. The molecule has 2 aliphatic carbocycles. The van der Waals surface area contributed by atoms with Gasteiger partial charge >= 0.3 is 0 Å². The average Bonchev–Trinajstić information content (AvgIpc) is 2.65. The summed E-state index contributed by atoms with van der Waals surface area (Å²) in [6.07, 6.45) is 8.97. The van der Waals surface area contributed by atoms with Crippen LogP contribution in [-0.4, -0.2) is 35.7 Å². The number of rotatable bonds is 6. The van der Waals surface area contributed by atoms with Crippen LogP contribution in [0.2, 0.25) is 0 Å². The van der Waals surface area contributed by atoms with Gasteiger partial charge < -0.3 is 5.32 Å². The molecule has 0 aromatic heterocycles. The molecule has 0 aromatic carbocycles. The van der Waals surface area contributed by atoms with E-state index in [2.05, 4.69) is 12.2 Å². The smallest absolute Gasteiger partial charge is 0.228 e. The summed E-state index contributed by atoms with van der Waals surface area (Å²) in [5.74, 6) is 1.86. The van der Waals surface area contributed by atoms with Gasteiger partial charge in [-0.2, -0.15) is 0 Å². The first kappa shape index (κ1) is 20.9. The molecule has 2 rings (SSSR count). The summed E-state index contributed by atoms with van der Waals surface area (Å²) in [6.45, 7) is 6.89. The molecule has 148 valence electrons. The first-order valence-electron chi connectivity index (χ1n) is 10.5. The van der Waals surface area contributed by atoms with E-state index >= 15 is 0 Å². The molecule has 26 heavy (non-hydrogen) atoms. The van der Waals surface area contributed by atoms with E-state index in [1.165, 1.54) is 37.5 Å². The Morgan fingerprint density at radius 2 is 1.50 bits per heavy atom. The third-order valence-corrected chi connectivity index (χ3v) is 6.34. The van der Waals surface area contributed by atoms with Crippen molar-refractivity contribution in [2.45, 2.75) is 78.6 Å². The van der Waals surface area contributed by atoms with Gasteiger partial charge in [0, 0.05) is 32.4 Å². The van der Waals surface area contributed by atoms with Crippen molar-refractivity contribution in [3.05, 3.63) is 0 Å². The normalized spacial score (nSPS) is 29.0. The Hall–Kier alpha value is -1.39. The summed E-state index contributed by atoms with van der Waals surface area (Å²) < 4.78 is 0. The number of hydrogen-bond acceptors (Lipinski definition) is 3. The van der Waals surface area contributed by atoms with Gasteiger partial charge in [-0.15, -0.1) is 0 Å². The minimum atomic E-state index is -0.168. The first-order valence-corrected chi connectivity index (χ1v) is 10.5. The fraction of sp³-hybridized carbons (Fsp3) is 0.857. The highest BCUT2D eigenvalue weighted by atomic mass is 16.2. The highest BCUT2D eigenvalue weighted by Crippen LogP contribution is 2.31. The molecule has 0 radical (unpaired) electrons. The maximum atomic E-state index is 12.5. The summed E-state index contributed by atoms with van der Waals surface area (Å²) in [6, 6.07) is 0. The van der Waals surface area contributed by atoms with Crippen LogP contribution in [0.4, 0.5) is 0 Å². The summed E-state index contributed by atoms with van der Waals surface area (Å²) in [5.41, 5.74) is 0. The molecule has 0 unspecified atom stereocenters. The van der Waals surface area contributed by atoms with Crippen molar-refractivity contribution in [3.8, 4) is 0 Å². The lowest BCUT2D eigenvalue weighted by atomic mass is 9.80. The highest BCUT2D eigenvalue weighted by molar-refractivity contribution is 5.94. The number of carbonyl (C=O) groups excluding carboxylic acids is 3. The Bertz CT molecular complexity index is 489. The number of carbonyl (C=O) groups is 3. The quantitative estimate of drug-likeness (QED) is 0.784. The molecular weight excluding hydrogens is 328 g/mol. The van der Waals surface area contributed by atoms with Crippen LogP contribution in [0.1, 0.15) is 78.6 Å². The Labute approximate surface area is 158 Å². The number of imide groups is 1. The monoisotopic (exact) mass is 364 g/mol. The van der Waals surface area contributed by atoms with E-state index in [4.69, 9.17) is 0 Å². The van der Waals surface area contributed by atoms with Gasteiger partial charge in [0.25, 0.3) is 0 Å². The third kappa shape index (κ3) is 6.10. The largest absolute Gasteiger partial charge is 0.356 e. The molecule has 0 heterocycles. The average molecular weight is 365 g/mol. The number of hydrogen-bond donors (Lipinski definition) is 1. The maximum Gasteiger partial charge on any atom is 0.228 e. The second-order valence-electron chi connectivity index (χ2n) is 8.47. The molecule has 0 saturated heterocycles. The van der Waals surface area contributed by atoms with E-state index in [-0.39, 0.29) is 23.6 Å². The Morgan fingerprint density at radius 1 is 0.923 bits per heavy atom. The van der Waals surface area contributed by atoms with Crippen molar-refractivity contribution in [1.29, 1.82) is 0 Å². The van der Waals surface area contributed by atoms with Crippen LogP contribution in [0.15, 0.2) is 0 Å². The van der Waals surface area contributed by atoms with E-state index in [1.54, 1.807) is 6.92 Å². The van der Waals surface area contributed by atoms with Crippen molar-refractivity contribution < 1.29 is 14.4 Å². The summed E-state index contributed by atoms with van der Waals surface area (Å²) >= 11 is 0. The fourth-order valence-corrected chi connectivity index (χ4v) is 4.38. The third-order valence-electron chi connectivity index (χ3n) is 6.34. The lowest BCUT2D eigenvalue weighted by molar-refractivity contribution is -0.144. The van der Waals surface area contributed by atoms with Crippen LogP contribution in [-0.2, 0) is 14.4 Å². The lowest BCUT2D eigenvalue weighted by Gasteiger charge is -2.32. The van der Waals surface area contributed by atoms with Crippen LogP contribution >= 0.6 is 0 Å². The van der Waals surface area contributed by atoms with Gasteiger partial charge in [0.1, 0.15) is 0 Å². The second kappa shape index (κ2) is 10.1. The van der Waals surface area contributed by atoms with Gasteiger partial charge in [0.2, 0.25) is 17.7 Å². The molecule has 5 heteroatoms. The lowest BCUT2D eigenvalue weighted by Crippen LogP contribution is -2.41. The molecular formula is C21H36N2O3. The molecule has 0 atom stereocenters. The van der Waals surface area contributed by atoms with Gasteiger partial charge in [-0.05, 0) is 56.3 Å². The van der Waals surface area contributed by atoms with Crippen molar-refractivity contribution in [2.75, 3.05) is 13.1 Å². The first-order chi connectivity index (χ1) is 12.4. The molecule has 0 aliphatic heterocycles. The molecule has 2 saturated carbocycles. The molecule has 0 bridgehead atoms. The van der Waals surface area contributed by atoms with Gasteiger partial charge in [0.05, 0.1) is 0 Å². The zero-order valence-corrected chi connectivity index (χ0v) is 16.8. The molecule has 5 nitrogen and oxygen atoms in total. The van der Waals surface area contributed by atoms with Crippen LogP contribution in [0.25, 0.3) is 0 Å². The molecule has 2 aliphatic rings. The van der Waals surface area contributed by atoms with E-state index in [1.807, 2.05) is 0 Å². The van der Waals surface area contributed by atoms with Crippen molar-refractivity contribution in [2.24, 2.45) is 23.7 Å². The topological polar surface area (TPSA) is 66.5 Å². The number of nitrogens with one attached hydrogen (secondary N) is 1. The van der Waals surface area contributed by atoms with E-state index < -0.39 is 0 Å². The summed E-state index contributed by atoms with van der Waals surface area (Å²) in [7, 11) is 0. The standard InChI is InChI=1S/C21H36N2O3/c1-4-20(25)23(16(3)24)14-18-9-11-19(12-10-18)21(26)22-13-17-7-5-15(2)6-8-17/h15,17-19H,4-14H2,1-3H3,(H,22,26). The Morgan fingerprint density at radius 3 is 2.04 bits per heavy atom. The molecule has 1 N–H and O–H groups in total. The van der Waals surface area contributed by atoms with E-state index in [9.17, 15) is 14.4 Å². The van der Waals surface area contributed by atoms with Crippen molar-refractivity contribution >= 4 is 17.7 Å². The highest BCUT2D eigenvalue weighted by Gasteiger charge is 2.29. The molecule has 3 amide bonds. The van der Waals surface area contributed by atoms with Gasteiger partial charge in [0.15, 0.2) is 0 Å². The minimum Gasteiger partial charge on any atom is -0.356 e. The zero-order chi connectivity index (χ0) is 19.1.